The van der Waals surface area contributed by atoms with Crippen molar-refractivity contribution in [2.75, 3.05) is 13.2 Å². The van der Waals surface area contributed by atoms with Gasteiger partial charge in [0.15, 0.2) is 5.82 Å². The van der Waals surface area contributed by atoms with Crippen LogP contribution in [-0.4, -0.2) is 48.3 Å². The van der Waals surface area contributed by atoms with Gasteiger partial charge in [0.2, 0.25) is 0 Å². The van der Waals surface area contributed by atoms with Gasteiger partial charge >= 0.3 is 0 Å². The number of furan rings is 1. The lowest BCUT2D eigenvalue weighted by atomic mass is 9.99. The van der Waals surface area contributed by atoms with Crippen molar-refractivity contribution in [2.24, 2.45) is 5.92 Å². The number of hydrogen-bond acceptors (Lipinski definition) is 7. The molecule has 1 aromatic carbocycles. The van der Waals surface area contributed by atoms with E-state index in [1.165, 1.54) is 0 Å². The summed E-state index contributed by atoms with van der Waals surface area (Å²) in [6.07, 6.45) is 2.20. The predicted molar refractivity (Wildman–Crippen MR) is 129 cm³/mol. The van der Waals surface area contributed by atoms with Crippen molar-refractivity contribution in [2.45, 2.75) is 53.2 Å². The van der Waals surface area contributed by atoms with Gasteiger partial charge in [-0.2, -0.15) is 0 Å². The lowest BCUT2D eigenvalue weighted by Gasteiger charge is -2.33. The van der Waals surface area contributed by atoms with E-state index in [2.05, 4.69) is 45.3 Å². The van der Waals surface area contributed by atoms with Crippen molar-refractivity contribution in [3.63, 3.8) is 0 Å². The van der Waals surface area contributed by atoms with Gasteiger partial charge in [0.1, 0.15) is 12.3 Å². The van der Waals surface area contributed by atoms with Gasteiger partial charge in [-0.1, -0.05) is 26.0 Å². The van der Waals surface area contributed by atoms with Crippen LogP contribution in [0.15, 0.2) is 45.8 Å². The summed E-state index contributed by atoms with van der Waals surface area (Å²) in [6.45, 7) is 9.77. The number of aromatic amines is 1. The summed E-state index contributed by atoms with van der Waals surface area (Å²) in [5, 5.41) is 23.0. The Kier molecular flexibility index (Phi) is 7.23. The Morgan fingerprint density at radius 3 is 2.76 bits per heavy atom. The van der Waals surface area contributed by atoms with Crippen molar-refractivity contribution in [1.29, 1.82) is 0 Å². The number of aryl methyl sites for hydroxylation is 2. The number of H-pyrrole nitrogens is 1. The number of aliphatic hydroxyl groups is 1. The molecule has 3 aromatic heterocycles. The third kappa shape index (κ3) is 4.95. The van der Waals surface area contributed by atoms with E-state index >= 15 is 0 Å². The Bertz CT molecular complexity index is 1290. The van der Waals surface area contributed by atoms with Crippen molar-refractivity contribution in [3.8, 4) is 0 Å². The number of pyridine rings is 1. The minimum absolute atomic E-state index is 0.0607. The Morgan fingerprint density at radius 2 is 2.06 bits per heavy atom. The molecule has 2 N–H and O–H groups in total. The van der Waals surface area contributed by atoms with Crippen molar-refractivity contribution >= 4 is 10.9 Å². The van der Waals surface area contributed by atoms with Gasteiger partial charge in [0.05, 0.1) is 17.8 Å². The van der Waals surface area contributed by atoms with Gasteiger partial charge in [-0.15, -0.1) is 5.10 Å². The van der Waals surface area contributed by atoms with Gasteiger partial charge < -0.3 is 14.5 Å². The lowest BCUT2D eigenvalue weighted by molar-refractivity contribution is 0.122. The highest BCUT2D eigenvalue weighted by atomic mass is 16.3. The summed E-state index contributed by atoms with van der Waals surface area (Å²) >= 11 is 0. The molecule has 4 aromatic rings. The molecule has 4 rings (SSSR count). The Labute approximate surface area is 198 Å². The van der Waals surface area contributed by atoms with E-state index in [4.69, 9.17) is 4.42 Å². The van der Waals surface area contributed by atoms with E-state index in [1.807, 2.05) is 38.1 Å². The zero-order valence-corrected chi connectivity index (χ0v) is 20.2. The number of hydrogen-bond donors (Lipinski definition) is 2. The van der Waals surface area contributed by atoms with Crippen LogP contribution in [0.4, 0.5) is 0 Å². The molecule has 0 aliphatic carbocycles. The summed E-state index contributed by atoms with van der Waals surface area (Å²) in [5.41, 5.74) is 3.66. The predicted octanol–water partition coefficient (Wildman–Crippen LogP) is 3.35. The molecule has 0 radical (unpaired) electrons. The van der Waals surface area contributed by atoms with Crippen molar-refractivity contribution in [3.05, 3.63) is 75.2 Å². The SMILES string of the molecule is Cc1ccc2cc(CN(CCCO)C(c3nnnn3Cc3ccco3)C(C)C)c(=O)[nH]c2c1C. The molecule has 3 heterocycles. The summed E-state index contributed by atoms with van der Waals surface area (Å²) < 4.78 is 7.23. The van der Waals surface area contributed by atoms with E-state index in [9.17, 15) is 9.90 Å². The fourth-order valence-electron chi connectivity index (χ4n) is 4.47. The number of tetrazole rings is 1. The zero-order valence-electron chi connectivity index (χ0n) is 20.2. The van der Waals surface area contributed by atoms with Gasteiger partial charge in [0, 0.05) is 25.3 Å². The number of rotatable bonds is 10. The normalized spacial score (nSPS) is 12.8. The van der Waals surface area contributed by atoms with Crippen LogP contribution in [0.1, 0.15) is 54.6 Å². The summed E-state index contributed by atoms with van der Waals surface area (Å²) in [4.78, 5) is 18.3. The Hall–Kier alpha value is -3.30. The number of fused-ring (bicyclic) bond motifs is 1. The molecule has 0 amide bonds. The highest BCUT2D eigenvalue weighted by Crippen LogP contribution is 2.29. The second kappa shape index (κ2) is 10.3. The van der Waals surface area contributed by atoms with Crippen LogP contribution in [-0.2, 0) is 13.1 Å². The molecule has 0 aliphatic rings. The molecular formula is C25H32N6O3. The molecule has 0 saturated heterocycles. The molecule has 9 nitrogen and oxygen atoms in total. The quantitative estimate of drug-likeness (QED) is 0.370. The fraction of sp³-hybridized carbons (Fsp3) is 0.440. The van der Waals surface area contributed by atoms with Crippen LogP contribution >= 0.6 is 0 Å². The van der Waals surface area contributed by atoms with Crippen LogP contribution in [0.3, 0.4) is 0 Å². The minimum atomic E-state index is -0.161. The first-order chi connectivity index (χ1) is 16.4. The topological polar surface area (TPSA) is 113 Å². The average molecular weight is 465 g/mol. The maximum Gasteiger partial charge on any atom is 0.252 e. The van der Waals surface area contributed by atoms with E-state index in [0.29, 0.717) is 37.4 Å². The summed E-state index contributed by atoms with van der Waals surface area (Å²) in [6, 6.07) is 9.64. The van der Waals surface area contributed by atoms with Gasteiger partial charge in [-0.05, 0) is 71.3 Å². The van der Waals surface area contributed by atoms with Crippen LogP contribution in [0.25, 0.3) is 10.9 Å². The first-order valence-electron chi connectivity index (χ1n) is 11.6. The standard InChI is InChI=1S/C25H32N6O3/c1-16(2)23(24-27-28-29-31(24)15-21-7-5-12-34-21)30(10-6-11-32)14-20-13-19-9-8-17(3)18(4)22(19)26-25(20)33/h5,7-9,12-13,16,23,32H,6,10-11,14-15H2,1-4H3,(H,26,33). The summed E-state index contributed by atoms with van der Waals surface area (Å²) in [7, 11) is 0. The Morgan fingerprint density at radius 1 is 1.24 bits per heavy atom. The highest BCUT2D eigenvalue weighted by Gasteiger charge is 2.30. The molecule has 0 bridgehead atoms. The summed E-state index contributed by atoms with van der Waals surface area (Å²) in [5.74, 6) is 1.62. The number of nitrogens with one attached hydrogen (secondary N) is 1. The third-order valence-corrected chi connectivity index (χ3v) is 6.34. The molecule has 0 spiro atoms. The number of aromatic nitrogens is 5. The fourth-order valence-corrected chi connectivity index (χ4v) is 4.47. The van der Waals surface area contributed by atoms with Crippen LogP contribution in [0, 0.1) is 19.8 Å². The Balaban J connectivity index is 1.71. The molecule has 0 fully saturated rings. The average Bonchev–Trinajstić information content (AvgIpc) is 3.48. The molecular weight excluding hydrogens is 432 g/mol. The van der Waals surface area contributed by atoms with Crippen LogP contribution in [0.5, 0.6) is 0 Å². The lowest BCUT2D eigenvalue weighted by Crippen LogP contribution is -2.36. The first kappa shape index (κ1) is 23.8. The second-order valence-corrected chi connectivity index (χ2v) is 9.11. The third-order valence-electron chi connectivity index (χ3n) is 6.34. The van der Waals surface area contributed by atoms with E-state index in [0.717, 1.165) is 27.8 Å². The molecule has 1 atom stereocenters. The van der Waals surface area contributed by atoms with Crippen LogP contribution in [0.2, 0.25) is 0 Å². The zero-order chi connectivity index (χ0) is 24.2. The molecule has 9 heteroatoms. The molecule has 0 saturated carbocycles. The maximum absolute atomic E-state index is 13.1. The second-order valence-electron chi connectivity index (χ2n) is 9.11. The minimum Gasteiger partial charge on any atom is -0.467 e. The first-order valence-corrected chi connectivity index (χ1v) is 11.6. The molecule has 1 unspecified atom stereocenters. The van der Waals surface area contributed by atoms with Gasteiger partial charge in [0.25, 0.3) is 5.56 Å². The van der Waals surface area contributed by atoms with Gasteiger partial charge in [-0.3, -0.25) is 9.69 Å². The van der Waals surface area contributed by atoms with Crippen LogP contribution < -0.4 is 5.56 Å². The largest absolute Gasteiger partial charge is 0.467 e. The monoisotopic (exact) mass is 464 g/mol. The van der Waals surface area contributed by atoms with Gasteiger partial charge in [-0.25, -0.2) is 4.68 Å². The number of aliphatic hydroxyl groups excluding tert-OH is 1. The highest BCUT2D eigenvalue weighted by molar-refractivity contribution is 5.83. The smallest absolute Gasteiger partial charge is 0.252 e. The van der Waals surface area contributed by atoms with Crippen molar-refractivity contribution in [1.82, 2.24) is 30.1 Å². The number of benzene rings is 1. The number of nitrogens with zero attached hydrogens (tertiary/aromatic N) is 5. The molecule has 0 aliphatic heterocycles. The molecule has 180 valence electrons. The molecule has 34 heavy (non-hydrogen) atoms. The van der Waals surface area contributed by atoms with E-state index in [-0.39, 0.29) is 24.1 Å². The maximum atomic E-state index is 13.1. The van der Waals surface area contributed by atoms with E-state index in [1.54, 1.807) is 10.9 Å². The van der Waals surface area contributed by atoms with Crippen molar-refractivity contribution < 1.29 is 9.52 Å². The van der Waals surface area contributed by atoms with E-state index < -0.39 is 0 Å².